The van der Waals surface area contributed by atoms with Crippen molar-refractivity contribution in [1.29, 1.82) is 0 Å². The summed E-state index contributed by atoms with van der Waals surface area (Å²) in [5.41, 5.74) is 0.298. The fourth-order valence-electron chi connectivity index (χ4n) is 2.74. The predicted molar refractivity (Wildman–Crippen MR) is 81.5 cm³/mol. The Labute approximate surface area is 129 Å². The summed E-state index contributed by atoms with van der Waals surface area (Å²) in [6, 6.07) is 0. The molecule has 1 aromatic rings. The van der Waals surface area contributed by atoms with Crippen LogP contribution in [-0.2, 0) is 4.74 Å². The first kappa shape index (κ1) is 15.9. The van der Waals surface area contributed by atoms with Crippen LogP contribution in [0.2, 0.25) is 0 Å². The lowest BCUT2D eigenvalue weighted by Crippen LogP contribution is -2.31. The van der Waals surface area contributed by atoms with Crippen molar-refractivity contribution in [2.45, 2.75) is 39.5 Å². The normalized spacial score (nSPS) is 21.8. The van der Waals surface area contributed by atoms with E-state index in [4.69, 9.17) is 4.74 Å². The number of carbonyl (C=O) groups is 2. The minimum Gasteiger partial charge on any atom is -0.461 e. The molecule has 1 amide bonds. The third-order valence-corrected chi connectivity index (χ3v) is 4.61. The van der Waals surface area contributed by atoms with Crippen LogP contribution >= 0.6 is 11.3 Å². The molecule has 0 saturated heterocycles. The van der Waals surface area contributed by atoms with E-state index in [-0.39, 0.29) is 10.9 Å². The second-order valence-electron chi connectivity index (χ2n) is 5.61. The van der Waals surface area contributed by atoms with Gasteiger partial charge in [-0.3, -0.25) is 4.79 Å². The second kappa shape index (κ2) is 7.54. The molecule has 21 heavy (non-hydrogen) atoms. The van der Waals surface area contributed by atoms with Crippen LogP contribution in [0.15, 0.2) is 5.38 Å². The highest BCUT2D eigenvalue weighted by atomic mass is 32.1. The van der Waals surface area contributed by atoms with Gasteiger partial charge in [-0.05, 0) is 31.6 Å². The molecule has 1 aliphatic rings. The number of aromatic nitrogens is 1. The third kappa shape index (κ3) is 4.52. The molecule has 2 unspecified atom stereocenters. The molecule has 0 aromatic carbocycles. The van der Waals surface area contributed by atoms with Crippen molar-refractivity contribution in [3.8, 4) is 0 Å². The number of amides is 1. The van der Waals surface area contributed by atoms with E-state index in [2.05, 4.69) is 17.2 Å². The molecule has 2 atom stereocenters. The van der Waals surface area contributed by atoms with Gasteiger partial charge in [-0.15, -0.1) is 11.3 Å². The molecule has 0 spiro atoms. The van der Waals surface area contributed by atoms with E-state index in [9.17, 15) is 9.59 Å². The van der Waals surface area contributed by atoms with Crippen molar-refractivity contribution >= 4 is 23.2 Å². The summed E-state index contributed by atoms with van der Waals surface area (Å²) in [6.07, 6.45) is 4.88. The topological polar surface area (TPSA) is 68.3 Å². The largest absolute Gasteiger partial charge is 0.461 e. The van der Waals surface area contributed by atoms with Crippen LogP contribution in [0, 0.1) is 11.8 Å². The summed E-state index contributed by atoms with van der Waals surface area (Å²) in [5, 5.41) is 4.76. The van der Waals surface area contributed by atoms with Crippen LogP contribution in [-0.4, -0.2) is 30.0 Å². The lowest BCUT2D eigenvalue weighted by molar-refractivity contribution is 0.0526. The van der Waals surface area contributed by atoms with E-state index >= 15 is 0 Å². The Kier molecular flexibility index (Phi) is 5.73. The standard InChI is InChI=1S/C15H22N2O3S/c1-3-20-15(19)14-17-12(9-21-14)13(18)16-8-11-6-4-5-10(2)7-11/h9-11H,3-8H2,1-2H3,(H,16,18). The molecule has 0 radical (unpaired) electrons. The molecule has 0 bridgehead atoms. The summed E-state index contributed by atoms with van der Waals surface area (Å²) in [5.74, 6) is 0.624. The summed E-state index contributed by atoms with van der Waals surface area (Å²) in [4.78, 5) is 27.6. The number of hydrogen-bond acceptors (Lipinski definition) is 5. The zero-order valence-electron chi connectivity index (χ0n) is 12.6. The highest BCUT2D eigenvalue weighted by Gasteiger charge is 2.21. The van der Waals surface area contributed by atoms with E-state index in [1.54, 1.807) is 12.3 Å². The second-order valence-corrected chi connectivity index (χ2v) is 6.46. The lowest BCUT2D eigenvalue weighted by atomic mass is 9.82. The molecular weight excluding hydrogens is 288 g/mol. The smallest absolute Gasteiger partial charge is 0.367 e. The van der Waals surface area contributed by atoms with Crippen LogP contribution in [0.5, 0.6) is 0 Å². The molecule has 1 saturated carbocycles. The summed E-state index contributed by atoms with van der Waals surface area (Å²) < 4.78 is 4.87. The van der Waals surface area contributed by atoms with Crippen molar-refractivity contribution < 1.29 is 14.3 Å². The molecule has 6 heteroatoms. The number of nitrogens with zero attached hydrogens (tertiary/aromatic N) is 1. The van der Waals surface area contributed by atoms with Gasteiger partial charge >= 0.3 is 5.97 Å². The van der Waals surface area contributed by atoms with Gasteiger partial charge in [0.15, 0.2) is 0 Å². The number of rotatable bonds is 5. The average molecular weight is 310 g/mol. The van der Waals surface area contributed by atoms with Crippen molar-refractivity contribution in [2.24, 2.45) is 11.8 Å². The van der Waals surface area contributed by atoms with Crippen LogP contribution in [0.1, 0.15) is 59.8 Å². The zero-order chi connectivity index (χ0) is 15.2. The van der Waals surface area contributed by atoms with E-state index in [0.29, 0.717) is 24.8 Å². The Morgan fingerprint density at radius 2 is 2.29 bits per heavy atom. The maximum absolute atomic E-state index is 12.0. The molecule has 0 aliphatic heterocycles. The first-order valence-corrected chi connectivity index (χ1v) is 8.39. The van der Waals surface area contributed by atoms with Gasteiger partial charge in [-0.2, -0.15) is 0 Å². The Hall–Kier alpha value is -1.43. The van der Waals surface area contributed by atoms with E-state index in [1.807, 2.05) is 0 Å². The number of thiazole rings is 1. The molecule has 1 fully saturated rings. The average Bonchev–Trinajstić information content (AvgIpc) is 2.95. The van der Waals surface area contributed by atoms with E-state index < -0.39 is 5.97 Å². The molecule has 5 nitrogen and oxygen atoms in total. The highest BCUT2D eigenvalue weighted by Crippen LogP contribution is 2.27. The Bertz CT molecular complexity index is 501. The Morgan fingerprint density at radius 1 is 1.48 bits per heavy atom. The van der Waals surface area contributed by atoms with Gasteiger partial charge in [-0.1, -0.05) is 19.8 Å². The molecule has 2 rings (SSSR count). The highest BCUT2D eigenvalue weighted by molar-refractivity contribution is 7.11. The number of nitrogens with one attached hydrogen (secondary N) is 1. The maximum atomic E-state index is 12.0. The summed E-state index contributed by atoms with van der Waals surface area (Å²) in [7, 11) is 0. The predicted octanol–water partition coefficient (Wildman–Crippen LogP) is 2.88. The van der Waals surface area contributed by atoms with Crippen molar-refractivity contribution in [1.82, 2.24) is 10.3 Å². The van der Waals surface area contributed by atoms with Crippen molar-refractivity contribution in [3.05, 3.63) is 16.1 Å². The lowest BCUT2D eigenvalue weighted by Gasteiger charge is -2.26. The molecule has 1 aromatic heterocycles. The fraction of sp³-hybridized carbons (Fsp3) is 0.667. The first-order valence-electron chi connectivity index (χ1n) is 7.51. The van der Waals surface area contributed by atoms with E-state index in [0.717, 1.165) is 17.3 Å². The van der Waals surface area contributed by atoms with Gasteiger partial charge in [0, 0.05) is 11.9 Å². The van der Waals surface area contributed by atoms with Crippen LogP contribution in [0.4, 0.5) is 0 Å². The van der Waals surface area contributed by atoms with Gasteiger partial charge < -0.3 is 10.1 Å². The molecular formula is C15H22N2O3S. The monoisotopic (exact) mass is 310 g/mol. The Balaban J connectivity index is 1.84. The minimum atomic E-state index is -0.470. The SMILES string of the molecule is CCOC(=O)c1nc(C(=O)NCC2CCCC(C)C2)cs1. The van der Waals surface area contributed by atoms with Crippen molar-refractivity contribution in [3.63, 3.8) is 0 Å². The van der Waals surface area contributed by atoms with Gasteiger partial charge in [0.05, 0.1) is 6.61 Å². The number of ether oxygens (including phenoxy) is 1. The first-order chi connectivity index (χ1) is 10.1. The van der Waals surface area contributed by atoms with Crippen LogP contribution in [0.25, 0.3) is 0 Å². The molecule has 1 N–H and O–H groups in total. The number of carbonyl (C=O) groups excluding carboxylic acids is 2. The van der Waals surface area contributed by atoms with Gasteiger partial charge in [0.1, 0.15) is 5.69 Å². The maximum Gasteiger partial charge on any atom is 0.367 e. The molecule has 1 heterocycles. The van der Waals surface area contributed by atoms with Crippen molar-refractivity contribution in [2.75, 3.05) is 13.2 Å². The fourth-order valence-corrected chi connectivity index (χ4v) is 3.43. The van der Waals surface area contributed by atoms with Gasteiger partial charge in [0.2, 0.25) is 5.01 Å². The Morgan fingerprint density at radius 3 is 3.00 bits per heavy atom. The van der Waals surface area contributed by atoms with Gasteiger partial charge in [-0.25, -0.2) is 9.78 Å². The third-order valence-electron chi connectivity index (χ3n) is 3.78. The van der Waals surface area contributed by atoms with Gasteiger partial charge in [0.25, 0.3) is 5.91 Å². The molecule has 116 valence electrons. The van der Waals surface area contributed by atoms with Crippen LogP contribution in [0.3, 0.4) is 0 Å². The summed E-state index contributed by atoms with van der Waals surface area (Å²) in [6.45, 7) is 5.00. The van der Waals surface area contributed by atoms with E-state index in [1.165, 1.54) is 25.7 Å². The summed E-state index contributed by atoms with van der Waals surface area (Å²) >= 11 is 1.14. The van der Waals surface area contributed by atoms with Crippen LogP contribution < -0.4 is 5.32 Å². The number of hydrogen-bond donors (Lipinski definition) is 1. The zero-order valence-corrected chi connectivity index (χ0v) is 13.4. The number of esters is 1. The minimum absolute atomic E-state index is 0.208. The quantitative estimate of drug-likeness (QED) is 0.849. The molecule has 1 aliphatic carbocycles.